The third kappa shape index (κ3) is 5.68. The van der Waals surface area contributed by atoms with Gasteiger partial charge in [-0.2, -0.15) is 0 Å². The van der Waals surface area contributed by atoms with Crippen LogP contribution in [0.3, 0.4) is 0 Å². The molecule has 7 heteroatoms. The average Bonchev–Trinajstić information content (AvgIpc) is 2.58. The van der Waals surface area contributed by atoms with Gasteiger partial charge in [-0.3, -0.25) is 15.0 Å². The number of nitrogens with zero attached hydrogens (tertiary/aromatic N) is 1. The molecule has 0 saturated heterocycles. The highest BCUT2D eigenvalue weighted by molar-refractivity contribution is 6.31. The molecule has 1 aliphatic carbocycles. The zero-order valence-corrected chi connectivity index (χ0v) is 15.4. The summed E-state index contributed by atoms with van der Waals surface area (Å²) in [5.74, 6) is -0.842. The molecule has 3 amide bonds. The van der Waals surface area contributed by atoms with E-state index in [1.807, 2.05) is 0 Å². The lowest BCUT2D eigenvalue weighted by Crippen LogP contribution is -2.50. The fraction of sp³-hybridized carbons (Fsp3) is 0.556. The smallest absolute Gasteiger partial charge is 0.321 e. The molecule has 0 bridgehead atoms. The molecule has 25 heavy (non-hydrogen) atoms. The van der Waals surface area contributed by atoms with Gasteiger partial charge in [0, 0.05) is 23.2 Å². The third-order valence-electron chi connectivity index (χ3n) is 4.69. The fourth-order valence-electron chi connectivity index (χ4n) is 2.95. The second-order valence-corrected chi connectivity index (χ2v) is 7.00. The van der Waals surface area contributed by atoms with Crippen molar-refractivity contribution >= 4 is 23.5 Å². The topological polar surface area (TPSA) is 61.4 Å². The van der Waals surface area contributed by atoms with Crippen LogP contribution in [0.15, 0.2) is 18.2 Å². The predicted octanol–water partition coefficient (Wildman–Crippen LogP) is 3.46. The number of hydrogen-bond donors (Lipinski definition) is 2. The molecule has 0 aromatic heterocycles. The van der Waals surface area contributed by atoms with Gasteiger partial charge in [-0.05, 0) is 38.9 Å². The van der Waals surface area contributed by atoms with E-state index in [1.54, 1.807) is 24.9 Å². The van der Waals surface area contributed by atoms with Gasteiger partial charge in [0.25, 0.3) is 0 Å². The summed E-state index contributed by atoms with van der Waals surface area (Å²) in [6.45, 7) is 1.84. The second-order valence-electron chi connectivity index (χ2n) is 6.59. The van der Waals surface area contributed by atoms with Crippen LogP contribution < -0.4 is 10.6 Å². The molecular weight excluding hydrogens is 345 g/mol. The van der Waals surface area contributed by atoms with Gasteiger partial charge in [0.05, 0.1) is 6.04 Å². The number of urea groups is 1. The first-order valence-corrected chi connectivity index (χ1v) is 9.00. The van der Waals surface area contributed by atoms with E-state index in [9.17, 15) is 14.0 Å². The quantitative estimate of drug-likeness (QED) is 0.835. The maximum Gasteiger partial charge on any atom is 0.321 e. The van der Waals surface area contributed by atoms with E-state index in [-0.39, 0.29) is 12.6 Å². The number of amides is 3. The number of halogens is 2. The van der Waals surface area contributed by atoms with Crippen molar-refractivity contribution in [2.24, 2.45) is 0 Å². The van der Waals surface area contributed by atoms with Crippen molar-refractivity contribution in [2.75, 3.05) is 7.05 Å². The zero-order valence-electron chi connectivity index (χ0n) is 14.6. The summed E-state index contributed by atoms with van der Waals surface area (Å²) in [4.78, 5) is 25.9. The number of nitrogens with one attached hydrogen (secondary N) is 2. The highest BCUT2D eigenvalue weighted by Gasteiger charge is 2.23. The lowest BCUT2D eigenvalue weighted by atomic mass is 9.96. The largest absolute Gasteiger partial charge is 0.335 e. The first-order valence-electron chi connectivity index (χ1n) is 8.63. The van der Waals surface area contributed by atoms with Crippen LogP contribution in [0.1, 0.15) is 44.6 Å². The van der Waals surface area contributed by atoms with Crippen LogP contribution in [-0.4, -0.2) is 36.0 Å². The molecule has 0 spiro atoms. The van der Waals surface area contributed by atoms with E-state index in [2.05, 4.69) is 10.6 Å². The normalized spacial score (nSPS) is 16.5. The van der Waals surface area contributed by atoms with Crippen molar-refractivity contribution in [1.82, 2.24) is 15.5 Å². The van der Waals surface area contributed by atoms with Gasteiger partial charge >= 0.3 is 6.03 Å². The third-order valence-corrected chi connectivity index (χ3v) is 5.04. The van der Waals surface area contributed by atoms with E-state index in [1.165, 1.54) is 18.6 Å². The monoisotopic (exact) mass is 369 g/mol. The Hall–Kier alpha value is -1.66. The number of benzene rings is 1. The summed E-state index contributed by atoms with van der Waals surface area (Å²) in [6.07, 6.45) is 5.29. The van der Waals surface area contributed by atoms with Gasteiger partial charge in [-0.1, -0.05) is 36.9 Å². The van der Waals surface area contributed by atoms with E-state index in [4.69, 9.17) is 11.6 Å². The van der Waals surface area contributed by atoms with Crippen LogP contribution >= 0.6 is 11.6 Å². The van der Waals surface area contributed by atoms with Crippen molar-refractivity contribution < 1.29 is 14.0 Å². The van der Waals surface area contributed by atoms with Gasteiger partial charge < -0.3 is 5.32 Å². The summed E-state index contributed by atoms with van der Waals surface area (Å²) >= 11 is 6.02. The zero-order chi connectivity index (χ0) is 18.4. The fourth-order valence-corrected chi connectivity index (χ4v) is 3.18. The van der Waals surface area contributed by atoms with Gasteiger partial charge in [0.1, 0.15) is 5.82 Å². The number of carbonyl (C=O) groups is 2. The highest BCUT2D eigenvalue weighted by Crippen LogP contribution is 2.21. The lowest BCUT2D eigenvalue weighted by Gasteiger charge is -2.26. The molecule has 1 aliphatic rings. The van der Waals surface area contributed by atoms with E-state index in [0.717, 1.165) is 25.7 Å². The van der Waals surface area contributed by atoms with Crippen molar-refractivity contribution in [1.29, 1.82) is 0 Å². The van der Waals surface area contributed by atoms with Crippen molar-refractivity contribution in [3.8, 4) is 0 Å². The van der Waals surface area contributed by atoms with Crippen LogP contribution in [0.4, 0.5) is 9.18 Å². The molecule has 1 aromatic carbocycles. The Balaban J connectivity index is 1.86. The number of likely N-dealkylation sites (N-methyl/N-ethyl adjacent to an activating group) is 1. The Morgan fingerprint density at radius 1 is 1.32 bits per heavy atom. The van der Waals surface area contributed by atoms with Crippen LogP contribution in [-0.2, 0) is 11.3 Å². The van der Waals surface area contributed by atoms with Gasteiger partial charge in [-0.25, -0.2) is 9.18 Å². The number of carbonyl (C=O) groups excluding carboxylic acids is 2. The van der Waals surface area contributed by atoms with Gasteiger partial charge in [-0.15, -0.1) is 0 Å². The van der Waals surface area contributed by atoms with Gasteiger partial charge in [0.15, 0.2) is 0 Å². The van der Waals surface area contributed by atoms with Crippen molar-refractivity contribution in [2.45, 2.75) is 57.7 Å². The maximum atomic E-state index is 13.9. The minimum absolute atomic E-state index is 0.131. The minimum atomic E-state index is -0.604. The molecule has 0 radical (unpaired) electrons. The second kappa shape index (κ2) is 9.15. The Labute approximate surface area is 152 Å². The molecule has 0 aliphatic heterocycles. The lowest BCUT2D eigenvalue weighted by molar-refractivity contribution is -0.124. The minimum Gasteiger partial charge on any atom is -0.335 e. The van der Waals surface area contributed by atoms with Crippen LogP contribution in [0.2, 0.25) is 5.02 Å². The Morgan fingerprint density at radius 3 is 2.64 bits per heavy atom. The van der Waals surface area contributed by atoms with Crippen molar-refractivity contribution in [3.05, 3.63) is 34.6 Å². The molecule has 2 N–H and O–H groups in total. The Bertz CT molecular complexity index is 600. The summed E-state index contributed by atoms with van der Waals surface area (Å²) in [6, 6.07) is 3.53. The van der Waals surface area contributed by atoms with Crippen LogP contribution in [0.25, 0.3) is 0 Å². The number of rotatable bonds is 5. The first-order chi connectivity index (χ1) is 11.9. The molecule has 2 rings (SSSR count). The molecule has 1 aromatic rings. The molecular formula is C18H25ClFN3O2. The van der Waals surface area contributed by atoms with Gasteiger partial charge in [0.2, 0.25) is 5.91 Å². The molecule has 1 fully saturated rings. The molecule has 1 saturated carbocycles. The SMILES string of the molecule is C[C@H](C(=O)NC(=O)NC1CCCCC1)N(C)Cc1c(F)cccc1Cl. The van der Waals surface area contributed by atoms with Crippen LogP contribution in [0.5, 0.6) is 0 Å². The van der Waals surface area contributed by atoms with E-state index >= 15 is 0 Å². The summed E-state index contributed by atoms with van der Waals surface area (Å²) in [5, 5.41) is 5.52. The Morgan fingerprint density at radius 2 is 2.00 bits per heavy atom. The number of hydrogen-bond acceptors (Lipinski definition) is 3. The molecule has 1 atom stereocenters. The first kappa shape index (κ1) is 19.7. The molecule has 0 heterocycles. The number of imide groups is 1. The molecule has 138 valence electrons. The molecule has 0 unspecified atom stereocenters. The summed E-state index contributed by atoms with van der Waals surface area (Å²) < 4.78 is 13.9. The van der Waals surface area contributed by atoms with E-state index < -0.39 is 23.8 Å². The Kier molecular flexibility index (Phi) is 7.20. The molecule has 5 nitrogen and oxygen atoms in total. The summed E-state index contributed by atoms with van der Waals surface area (Å²) in [7, 11) is 1.69. The van der Waals surface area contributed by atoms with Crippen LogP contribution in [0, 0.1) is 5.82 Å². The predicted molar refractivity (Wildman–Crippen MR) is 95.9 cm³/mol. The van der Waals surface area contributed by atoms with Crippen molar-refractivity contribution in [3.63, 3.8) is 0 Å². The highest BCUT2D eigenvalue weighted by atomic mass is 35.5. The average molecular weight is 370 g/mol. The summed E-state index contributed by atoms with van der Waals surface area (Å²) in [5.41, 5.74) is 0.331. The standard InChI is InChI=1S/C18H25ClFN3O2/c1-12(23(2)11-14-15(19)9-6-10-16(14)20)17(24)22-18(25)21-13-7-4-3-5-8-13/h6,9-10,12-13H,3-5,7-8,11H2,1-2H3,(H2,21,22,24,25)/t12-/m1/s1. The van der Waals surface area contributed by atoms with E-state index in [0.29, 0.717) is 10.6 Å². The maximum absolute atomic E-state index is 13.9.